The van der Waals surface area contributed by atoms with E-state index in [0.717, 1.165) is 5.56 Å². The molecule has 0 N–H and O–H groups in total. The van der Waals surface area contributed by atoms with E-state index in [1.807, 2.05) is 18.2 Å². The van der Waals surface area contributed by atoms with E-state index in [0.29, 0.717) is 17.3 Å². The Balaban J connectivity index is 1.75. The summed E-state index contributed by atoms with van der Waals surface area (Å²) in [5.41, 5.74) is 1.25. The second-order valence-corrected chi connectivity index (χ2v) is 6.61. The van der Waals surface area contributed by atoms with Crippen LogP contribution in [0, 0.1) is 5.92 Å². The summed E-state index contributed by atoms with van der Waals surface area (Å²) in [4.78, 5) is 35.9. The van der Waals surface area contributed by atoms with Gasteiger partial charge in [0.25, 0.3) is 5.91 Å². The number of carbonyl (C=O) groups is 2. The maximum absolute atomic E-state index is 13.1. The van der Waals surface area contributed by atoms with Crippen LogP contribution in [-0.4, -0.2) is 29.1 Å². The molecule has 1 fully saturated rings. The van der Waals surface area contributed by atoms with Gasteiger partial charge in [-0.1, -0.05) is 24.3 Å². The largest absolute Gasteiger partial charge is 0.293 e. The van der Waals surface area contributed by atoms with Crippen LogP contribution in [0.15, 0.2) is 53.7 Å². The lowest BCUT2D eigenvalue weighted by Crippen LogP contribution is -2.46. The summed E-state index contributed by atoms with van der Waals surface area (Å²) < 4.78 is 0. The summed E-state index contributed by atoms with van der Waals surface area (Å²) in [5, 5.41) is 0. The third kappa shape index (κ3) is 2.86. The molecule has 4 rings (SSSR count). The number of amides is 2. The molecule has 25 heavy (non-hydrogen) atoms. The standard InChI is InChI=1S/C20H19N3O2/c1-13(14-9-10-14)22-12-17-15-6-2-3-7-16(15)19(24)23(20(17)25)18-8-4-5-11-21-18/h2-8,11-14,17H,9-10H2,1H3/t13-,17?/m1/s1. The van der Waals surface area contributed by atoms with Crippen LogP contribution < -0.4 is 4.90 Å². The van der Waals surface area contributed by atoms with Crippen LogP contribution in [0.1, 0.15) is 41.6 Å². The van der Waals surface area contributed by atoms with Crippen molar-refractivity contribution in [2.45, 2.75) is 31.7 Å². The highest BCUT2D eigenvalue weighted by molar-refractivity contribution is 6.28. The predicted octanol–water partition coefficient (Wildman–Crippen LogP) is 3.22. The Hall–Kier alpha value is -2.82. The fourth-order valence-corrected chi connectivity index (χ4v) is 3.22. The highest BCUT2D eigenvalue weighted by Gasteiger charge is 2.39. The zero-order valence-corrected chi connectivity index (χ0v) is 14.0. The molecular formula is C20H19N3O2. The number of hydrogen-bond acceptors (Lipinski definition) is 4. The second-order valence-electron chi connectivity index (χ2n) is 6.61. The van der Waals surface area contributed by atoms with Gasteiger partial charge in [-0.3, -0.25) is 14.6 Å². The van der Waals surface area contributed by atoms with Gasteiger partial charge in [0.1, 0.15) is 5.82 Å². The number of nitrogens with zero attached hydrogens (tertiary/aromatic N) is 3. The summed E-state index contributed by atoms with van der Waals surface area (Å²) >= 11 is 0. The number of rotatable bonds is 4. The molecule has 0 spiro atoms. The Bertz CT molecular complexity index is 843. The first-order valence-electron chi connectivity index (χ1n) is 8.58. The van der Waals surface area contributed by atoms with Gasteiger partial charge < -0.3 is 0 Å². The number of benzene rings is 1. The van der Waals surface area contributed by atoms with Gasteiger partial charge in [0.2, 0.25) is 5.91 Å². The molecule has 1 saturated carbocycles. The molecule has 5 heteroatoms. The maximum atomic E-state index is 13.1. The highest BCUT2D eigenvalue weighted by atomic mass is 16.2. The first-order valence-corrected chi connectivity index (χ1v) is 8.58. The number of carbonyl (C=O) groups excluding carboxylic acids is 2. The third-order valence-electron chi connectivity index (χ3n) is 4.87. The molecule has 2 aromatic rings. The second kappa shape index (κ2) is 6.24. The van der Waals surface area contributed by atoms with Crippen molar-refractivity contribution in [1.29, 1.82) is 0 Å². The van der Waals surface area contributed by atoms with Crippen molar-refractivity contribution in [3.8, 4) is 0 Å². The van der Waals surface area contributed by atoms with E-state index < -0.39 is 5.92 Å². The lowest BCUT2D eigenvalue weighted by atomic mass is 9.89. The molecule has 5 nitrogen and oxygen atoms in total. The van der Waals surface area contributed by atoms with Gasteiger partial charge in [0.15, 0.2) is 0 Å². The van der Waals surface area contributed by atoms with Gasteiger partial charge in [0.05, 0.1) is 5.92 Å². The Morgan fingerprint density at radius 2 is 1.92 bits per heavy atom. The normalized spacial score (nSPS) is 21.5. The first-order chi connectivity index (χ1) is 12.2. The van der Waals surface area contributed by atoms with E-state index in [1.165, 1.54) is 17.7 Å². The number of pyridine rings is 1. The van der Waals surface area contributed by atoms with Crippen LogP contribution in [0.4, 0.5) is 5.82 Å². The minimum atomic E-state index is -0.558. The van der Waals surface area contributed by atoms with Crippen molar-refractivity contribution in [3.63, 3.8) is 0 Å². The van der Waals surface area contributed by atoms with Crippen molar-refractivity contribution in [3.05, 3.63) is 59.8 Å². The molecule has 2 aliphatic rings. The number of hydrogen-bond donors (Lipinski definition) is 0. The quantitative estimate of drug-likeness (QED) is 0.637. The van der Waals surface area contributed by atoms with Gasteiger partial charge in [-0.2, -0.15) is 0 Å². The number of anilines is 1. The Morgan fingerprint density at radius 1 is 1.16 bits per heavy atom. The monoisotopic (exact) mass is 333 g/mol. The van der Waals surface area contributed by atoms with E-state index in [2.05, 4.69) is 16.9 Å². The van der Waals surface area contributed by atoms with Crippen LogP contribution in [0.2, 0.25) is 0 Å². The van der Waals surface area contributed by atoms with Crippen molar-refractivity contribution in [2.75, 3.05) is 4.90 Å². The van der Waals surface area contributed by atoms with Gasteiger partial charge in [-0.25, -0.2) is 9.88 Å². The number of imide groups is 1. The molecular weight excluding hydrogens is 314 g/mol. The van der Waals surface area contributed by atoms with Crippen LogP contribution >= 0.6 is 0 Å². The summed E-state index contributed by atoms with van der Waals surface area (Å²) in [7, 11) is 0. The van der Waals surface area contributed by atoms with Crippen LogP contribution in [0.5, 0.6) is 0 Å². The van der Waals surface area contributed by atoms with E-state index in [-0.39, 0.29) is 17.9 Å². The number of fused-ring (bicyclic) bond motifs is 1. The molecule has 2 amide bonds. The minimum Gasteiger partial charge on any atom is -0.293 e. The Morgan fingerprint density at radius 3 is 2.64 bits per heavy atom. The SMILES string of the molecule is C[C@@H](N=CC1C(=O)N(c2ccccn2)C(=O)c2ccccc21)C1CC1. The predicted molar refractivity (Wildman–Crippen MR) is 95.9 cm³/mol. The molecule has 0 bridgehead atoms. The summed E-state index contributed by atoms with van der Waals surface area (Å²) in [6.07, 6.45) is 5.69. The first kappa shape index (κ1) is 15.7. The van der Waals surface area contributed by atoms with E-state index in [4.69, 9.17) is 0 Å². The fraction of sp³-hybridized carbons (Fsp3) is 0.300. The molecule has 1 aromatic carbocycles. The van der Waals surface area contributed by atoms with Crippen molar-refractivity contribution >= 4 is 23.8 Å². The summed E-state index contributed by atoms with van der Waals surface area (Å²) in [5.74, 6) is -0.218. The van der Waals surface area contributed by atoms with Crippen molar-refractivity contribution < 1.29 is 9.59 Å². The molecule has 0 saturated heterocycles. The van der Waals surface area contributed by atoms with Crippen LogP contribution in [0.25, 0.3) is 0 Å². The van der Waals surface area contributed by atoms with E-state index >= 15 is 0 Å². The molecule has 126 valence electrons. The molecule has 1 unspecified atom stereocenters. The zero-order chi connectivity index (χ0) is 17.4. The molecule has 1 aliphatic carbocycles. The van der Waals surface area contributed by atoms with E-state index in [1.54, 1.807) is 36.7 Å². The molecule has 1 aromatic heterocycles. The maximum Gasteiger partial charge on any atom is 0.266 e. The highest BCUT2D eigenvalue weighted by Crippen LogP contribution is 2.35. The smallest absolute Gasteiger partial charge is 0.266 e. The number of aromatic nitrogens is 1. The molecule has 1 aliphatic heterocycles. The summed E-state index contributed by atoms with van der Waals surface area (Å²) in [6, 6.07) is 12.6. The molecule has 0 radical (unpaired) electrons. The lowest BCUT2D eigenvalue weighted by Gasteiger charge is -2.30. The van der Waals surface area contributed by atoms with Gasteiger partial charge >= 0.3 is 0 Å². The minimum absolute atomic E-state index is 0.209. The van der Waals surface area contributed by atoms with Crippen molar-refractivity contribution in [2.24, 2.45) is 10.9 Å². The zero-order valence-electron chi connectivity index (χ0n) is 14.0. The lowest BCUT2D eigenvalue weighted by molar-refractivity contribution is -0.118. The summed E-state index contributed by atoms with van der Waals surface area (Å²) in [6.45, 7) is 2.08. The van der Waals surface area contributed by atoms with Gasteiger partial charge in [-0.05, 0) is 49.4 Å². The van der Waals surface area contributed by atoms with E-state index in [9.17, 15) is 9.59 Å². The van der Waals surface area contributed by atoms with Gasteiger partial charge in [-0.15, -0.1) is 0 Å². The van der Waals surface area contributed by atoms with Crippen molar-refractivity contribution in [1.82, 2.24) is 4.98 Å². The van der Waals surface area contributed by atoms with Crippen LogP contribution in [0.3, 0.4) is 0 Å². The van der Waals surface area contributed by atoms with Gasteiger partial charge in [0, 0.05) is 24.0 Å². The number of aliphatic imine (C=N–C) groups is 1. The van der Waals surface area contributed by atoms with Crippen LogP contribution in [-0.2, 0) is 4.79 Å². The fourth-order valence-electron chi connectivity index (χ4n) is 3.22. The average molecular weight is 333 g/mol. The third-order valence-corrected chi connectivity index (χ3v) is 4.87. The molecule has 2 atom stereocenters. The Kier molecular flexibility index (Phi) is 3.92. The average Bonchev–Trinajstić information content (AvgIpc) is 3.48. The topological polar surface area (TPSA) is 62.6 Å². The molecule has 2 heterocycles. The Labute approximate surface area is 146 Å².